The lowest BCUT2D eigenvalue weighted by atomic mass is 9.86. The number of anilines is 3. The number of benzene rings is 1. The molecule has 0 spiro atoms. The van der Waals surface area contributed by atoms with E-state index in [9.17, 15) is 9.59 Å². The third kappa shape index (κ3) is 3.33. The molecule has 0 saturated carbocycles. The van der Waals surface area contributed by atoms with E-state index in [4.69, 9.17) is 0 Å². The number of fused-ring (bicyclic) bond motifs is 1. The van der Waals surface area contributed by atoms with E-state index in [1.807, 2.05) is 32.0 Å². The van der Waals surface area contributed by atoms with Crippen molar-refractivity contribution in [3.8, 4) is 0 Å². The number of rotatable bonds is 3. The maximum atomic E-state index is 12.6. The molecule has 2 aromatic rings. The Balaban J connectivity index is 1.44. The van der Waals surface area contributed by atoms with Crippen molar-refractivity contribution >= 4 is 29.0 Å². The van der Waals surface area contributed by atoms with Gasteiger partial charge in [0.1, 0.15) is 5.82 Å². The molecule has 1 fully saturated rings. The Hall–Kier alpha value is -2.93. The Morgan fingerprint density at radius 3 is 2.57 bits per heavy atom. The Labute approximate surface area is 164 Å². The van der Waals surface area contributed by atoms with Crippen LogP contribution in [0.3, 0.4) is 0 Å². The number of nitrogens with one attached hydrogen (secondary N) is 2. The van der Waals surface area contributed by atoms with Gasteiger partial charge in [0.25, 0.3) is 5.91 Å². The van der Waals surface area contributed by atoms with Crippen LogP contribution in [0, 0.1) is 0 Å². The number of likely N-dealkylation sites (N-methyl/N-ethyl adjacent to an activating group) is 1. The Kier molecular flexibility index (Phi) is 4.55. The summed E-state index contributed by atoms with van der Waals surface area (Å²) in [5, 5.41) is 5.68. The maximum absolute atomic E-state index is 12.6. The molecule has 1 aromatic carbocycles. The summed E-state index contributed by atoms with van der Waals surface area (Å²) in [6.45, 7) is 7.76. The average molecular weight is 379 g/mol. The standard InChI is InChI=1S/C21H25N5O2/c1-21(2)16-6-4-14(12-17(16)23-20(21)28)19(27)24-18-7-5-15(13-22-18)26-10-8-25(3)9-11-26/h4-7,12-13H,8-11H2,1-3H3,(H,23,28)(H,22,24,27). The highest BCUT2D eigenvalue weighted by molar-refractivity contribution is 6.09. The minimum absolute atomic E-state index is 0.0544. The zero-order valence-corrected chi connectivity index (χ0v) is 16.5. The van der Waals surface area contributed by atoms with Gasteiger partial charge in [-0.25, -0.2) is 4.98 Å². The molecule has 2 N–H and O–H groups in total. The molecule has 0 aliphatic carbocycles. The number of amides is 2. The van der Waals surface area contributed by atoms with Crippen molar-refractivity contribution in [2.45, 2.75) is 19.3 Å². The molecule has 0 unspecified atom stereocenters. The summed E-state index contributed by atoms with van der Waals surface area (Å²) in [7, 11) is 2.12. The first-order valence-electron chi connectivity index (χ1n) is 9.51. The van der Waals surface area contributed by atoms with E-state index in [1.165, 1.54) is 0 Å². The summed E-state index contributed by atoms with van der Waals surface area (Å²) in [6.07, 6.45) is 1.80. The van der Waals surface area contributed by atoms with E-state index < -0.39 is 5.41 Å². The number of piperazine rings is 1. The molecular formula is C21H25N5O2. The zero-order chi connectivity index (χ0) is 19.9. The molecule has 28 heavy (non-hydrogen) atoms. The molecule has 2 aliphatic heterocycles. The molecule has 2 aliphatic rings. The van der Waals surface area contributed by atoms with Crippen LogP contribution in [0.15, 0.2) is 36.5 Å². The fraction of sp³-hybridized carbons (Fsp3) is 0.381. The molecule has 2 amide bonds. The maximum Gasteiger partial charge on any atom is 0.256 e. The van der Waals surface area contributed by atoms with Gasteiger partial charge in [-0.3, -0.25) is 9.59 Å². The Morgan fingerprint density at radius 2 is 1.89 bits per heavy atom. The fourth-order valence-electron chi connectivity index (χ4n) is 3.63. The number of hydrogen-bond donors (Lipinski definition) is 2. The molecule has 1 aromatic heterocycles. The second-order valence-corrected chi connectivity index (χ2v) is 7.99. The van der Waals surface area contributed by atoms with Gasteiger partial charge in [0.2, 0.25) is 5.91 Å². The van der Waals surface area contributed by atoms with Crippen LogP contribution in [0.5, 0.6) is 0 Å². The second-order valence-electron chi connectivity index (χ2n) is 7.99. The summed E-state index contributed by atoms with van der Waals surface area (Å²) in [5.74, 6) is 0.204. The lowest BCUT2D eigenvalue weighted by molar-refractivity contribution is -0.119. The van der Waals surface area contributed by atoms with Crippen LogP contribution in [-0.4, -0.2) is 54.9 Å². The highest BCUT2D eigenvalue weighted by Crippen LogP contribution is 2.37. The highest BCUT2D eigenvalue weighted by Gasteiger charge is 2.38. The van der Waals surface area contributed by atoms with Gasteiger partial charge in [0.15, 0.2) is 0 Å². The Morgan fingerprint density at radius 1 is 1.14 bits per heavy atom. The third-order valence-electron chi connectivity index (χ3n) is 5.63. The van der Waals surface area contributed by atoms with E-state index in [-0.39, 0.29) is 11.8 Å². The second kappa shape index (κ2) is 6.91. The minimum Gasteiger partial charge on any atom is -0.368 e. The molecule has 7 nitrogen and oxygen atoms in total. The number of carbonyl (C=O) groups excluding carboxylic acids is 2. The normalized spacial score (nSPS) is 18.5. The number of nitrogens with zero attached hydrogens (tertiary/aromatic N) is 3. The van der Waals surface area contributed by atoms with Crippen molar-refractivity contribution in [1.29, 1.82) is 0 Å². The van der Waals surface area contributed by atoms with Crippen molar-refractivity contribution in [3.05, 3.63) is 47.7 Å². The number of carbonyl (C=O) groups is 2. The summed E-state index contributed by atoms with van der Waals surface area (Å²) in [5.41, 5.74) is 2.57. The van der Waals surface area contributed by atoms with Crippen LogP contribution in [0.1, 0.15) is 29.8 Å². The summed E-state index contributed by atoms with van der Waals surface area (Å²) in [4.78, 5) is 33.7. The Bertz CT molecular complexity index is 915. The van der Waals surface area contributed by atoms with Gasteiger partial charge < -0.3 is 20.4 Å². The summed E-state index contributed by atoms with van der Waals surface area (Å²) < 4.78 is 0. The van der Waals surface area contributed by atoms with Gasteiger partial charge in [-0.05, 0) is 50.7 Å². The smallest absolute Gasteiger partial charge is 0.256 e. The fourth-order valence-corrected chi connectivity index (χ4v) is 3.63. The third-order valence-corrected chi connectivity index (χ3v) is 5.63. The molecular weight excluding hydrogens is 354 g/mol. The molecule has 1 saturated heterocycles. The lowest BCUT2D eigenvalue weighted by Crippen LogP contribution is -2.44. The van der Waals surface area contributed by atoms with E-state index in [1.54, 1.807) is 18.3 Å². The van der Waals surface area contributed by atoms with Crippen molar-refractivity contribution < 1.29 is 9.59 Å². The zero-order valence-electron chi connectivity index (χ0n) is 16.5. The van der Waals surface area contributed by atoms with Crippen molar-refractivity contribution in [2.24, 2.45) is 0 Å². The number of hydrogen-bond acceptors (Lipinski definition) is 5. The van der Waals surface area contributed by atoms with E-state index in [2.05, 4.69) is 32.5 Å². The summed E-state index contributed by atoms with van der Waals surface area (Å²) >= 11 is 0. The van der Waals surface area contributed by atoms with Crippen LogP contribution < -0.4 is 15.5 Å². The van der Waals surface area contributed by atoms with Gasteiger partial charge in [-0.1, -0.05) is 6.07 Å². The lowest BCUT2D eigenvalue weighted by Gasteiger charge is -2.33. The van der Waals surface area contributed by atoms with Crippen LogP contribution in [0.4, 0.5) is 17.2 Å². The van der Waals surface area contributed by atoms with E-state index in [0.29, 0.717) is 17.1 Å². The van der Waals surface area contributed by atoms with Crippen molar-refractivity contribution in [3.63, 3.8) is 0 Å². The van der Waals surface area contributed by atoms with Gasteiger partial charge in [-0.2, -0.15) is 0 Å². The first-order valence-corrected chi connectivity index (χ1v) is 9.51. The topological polar surface area (TPSA) is 77.6 Å². The monoisotopic (exact) mass is 379 g/mol. The van der Waals surface area contributed by atoms with E-state index >= 15 is 0 Å². The largest absolute Gasteiger partial charge is 0.368 e. The summed E-state index contributed by atoms with van der Waals surface area (Å²) in [6, 6.07) is 9.11. The quantitative estimate of drug-likeness (QED) is 0.856. The first-order chi connectivity index (χ1) is 13.3. The van der Waals surface area contributed by atoms with Gasteiger partial charge in [0.05, 0.1) is 17.3 Å². The van der Waals surface area contributed by atoms with Gasteiger partial charge >= 0.3 is 0 Å². The highest BCUT2D eigenvalue weighted by atomic mass is 16.2. The van der Waals surface area contributed by atoms with Crippen LogP contribution >= 0.6 is 0 Å². The molecule has 7 heteroatoms. The van der Waals surface area contributed by atoms with Gasteiger partial charge in [-0.15, -0.1) is 0 Å². The van der Waals surface area contributed by atoms with Crippen LogP contribution in [0.2, 0.25) is 0 Å². The minimum atomic E-state index is -0.578. The SMILES string of the molecule is CN1CCN(c2ccc(NC(=O)c3ccc4c(c3)NC(=O)C4(C)C)nc2)CC1. The molecule has 3 heterocycles. The molecule has 4 rings (SSSR count). The van der Waals surface area contributed by atoms with Crippen LogP contribution in [0.25, 0.3) is 0 Å². The predicted molar refractivity (Wildman–Crippen MR) is 110 cm³/mol. The van der Waals surface area contributed by atoms with E-state index in [0.717, 1.165) is 37.4 Å². The molecule has 0 bridgehead atoms. The van der Waals surface area contributed by atoms with Crippen LogP contribution in [-0.2, 0) is 10.2 Å². The van der Waals surface area contributed by atoms with Gasteiger partial charge in [0, 0.05) is 37.4 Å². The van der Waals surface area contributed by atoms with Crippen molar-refractivity contribution in [2.75, 3.05) is 48.8 Å². The van der Waals surface area contributed by atoms with Crippen molar-refractivity contribution in [1.82, 2.24) is 9.88 Å². The number of pyridine rings is 1. The first kappa shape index (κ1) is 18.4. The molecule has 0 atom stereocenters. The molecule has 0 radical (unpaired) electrons. The predicted octanol–water partition coefficient (Wildman–Crippen LogP) is 2.32. The average Bonchev–Trinajstić information content (AvgIpc) is 2.91. The molecule has 146 valence electrons. The number of aromatic nitrogens is 1.